The number of rotatable bonds is 54. The Morgan fingerprint density at radius 3 is 1.31 bits per heavy atom. The number of aliphatic hydroxyl groups is 8. The molecule has 0 aromatic carbocycles. The fourth-order valence-electron chi connectivity index (χ4n) is 11.0. The molecule has 0 saturated carbocycles. The highest BCUT2D eigenvalue weighted by Gasteiger charge is 2.51. The quantitative estimate of drug-likeness (QED) is 0.0204. The Labute approximate surface area is 493 Å². The van der Waals surface area contributed by atoms with Crippen molar-refractivity contribution in [3.8, 4) is 0 Å². The van der Waals surface area contributed by atoms with Crippen LogP contribution in [0.5, 0.6) is 0 Å². The highest BCUT2D eigenvalue weighted by Crippen LogP contribution is 2.30. The number of hydrogen-bond acceptors (Lipinski definition) is 13. The summed E-state index contributed by atoms with van der Waals surface area (Å²) in [4.78, 5) is 13.3. The van der Waals surface area contributed by atoms with E-state index in [0.29, 0.717) is 6.42 Å². The first-order valence-corrected chi connectivity index (χ1v) is 33.4. The molecule has 14 heteroatoms. The Kier molecular flexibility index (Phi) is 48.5. The number of aliphatic hydroxyl groups excluding tert-OH is 8. The molecule has 2 rings (SSSR count). The molecule has 2 fully saturated rings. The maximum Gasteiger partial charge on any atom is 0.220 e. The molecule has 0 radical (unpaired) electrons. The molecule has 12 unspecified atom stereocenters. The standard InChI is InChI=1S/C67H123NO13/c1-3-5-7-9-11-13-15-17-19-21-22-23-24-25-26-27-28-29-30-31-32-33-35-36-38-40-42-44-46-48-50-56(71)55(68-59(72)51-49-47-45-43-41-39-37-34-20-18-16-14-12-10-8-6-4-2)54-78-66-64(77)62(75)65(58(53-70)80-66)81-67-63(76)61(74)60(73)57(52-69)79-67/h6,8,12,14,18,20,48,50,55-58,60-67,69-71,73-77H,3-5,7,9-11,13,15-17,19,21-47,49,51-54H2,1-2H3,(H,68,72)/b8-6-,14-12-,20-18-,50-48+. The van der Waals surface area contributed by atoms with Gasteiger partial charge in [-0.15, -0.1) is 0 Å². The molecule has 1 amide bonds. The Hall–Kier alpha value is -2.05. The normalized spacial score (nSPS) is 24.4. The maximum atomic E-state index is 13.3. The summed E-state index contributed by atoms with van der Waals surface area (Å²) >= 11 is 0. The van der Waals surface area contributed by atoms with Gasteiger partial charge in [-0.05, 0) is 51.4 Å². The molecule has 0 aliphatic carbocycles. The van der Waals surface area contributed by atoms with E-state index in [1.54, 1.807) is 6.08 Å². The van der Waals surface area contributed by atoms with Crippen LogP contribution in [0.25, 0.3) is 0 Å². The van der Waals surface area contributed by atoms with Crippen LogP contribution in [0.3, 0.4) is 0 Å². The van der Waals surface area contributed by atoms with Crippen LogP contribution in [-0.2, 0) is 23.7 Å². The van der Waals surface area contributed by atoms with Gasteiger partial charge in [-0.25, -0.2) is 0 Å². The molecule has 2 heterocycles. The van der Waals surface area contributed by atoms with Crippen molar-refractivity contribution in [3.63, 3.8) is 0 Å². The van der Waals surface area contributed by atoms with Gasteiger partial charge in [-0.2, -0.15) is 0 Å². The third-order valence-corrected chi connectivity index (χ3v) is 16.3. The maximum absolute atomic E-state index is 13.3. The van der Waals surface area contributed by atoms with Crippen molar-refractivity contribution in [2.75, 3.05) is 19.8 Å². The summed E-state index contributed by atoms with van der Waals surface area (Å²) in [6, 6.07) is -0.922. The average Bonchev–Trinajstić information content (AvgIpc) is 3.47. The second-order valence-corrected chi connectivity index (χ2v) is 23.6. The molecule has 0 aromatic heterocycles. The van der Waals surface area contributed by atoms with E-state index in [1.165, 1.54) is 180 Å². The second kappa shape index (κ2) is 52.3. The fourth-order valence-corrected chi connectivity index (χ4v) is 11.0. The zero-order valence-corrected chi connectivity index (χ0v) is 51.3. The molecule has 2 aliphatic heterocycles. The fraction of sp³-hybridized carbons (Fsp3) is 0.866. The SMILES string of the molecule is CC/C=C\C/C=C\C/C=C\CCCCCCCCCC(=O)NC(COC1OC(CO)C(OC2OC(CO)C(O)C(O)C2O)C(O)C1O)C(O)/C=C/CCCCCCCCCCCCCCCCCCCCCCCCCCCCCC. The molecule has 0 spiro atoms. The van der Waals surface area contributed by atoms with Gasteiger partial charge in [-0.3, -0.25) is 4.79 Å². The zero-order valence-electron chi connectivity index (χ0n) is 51.3. The molecule has 12 atom stereocenters. The summed E-state index contributed by atoms with van der Waals surface area (Å²) < 4.78 is 22.8. The van der Waals surface area contributed by atoms with Crippen LogP contribution in [0, 0.1) is 0 Å². The Bertz CT molecular complexity index is 1540. The van der Waals surface area contributed by atoms with Crippen LogP contribution in [0.15, 0.2) is 48.6 Å². The average molecular weight is 1150 g/mol. The van der Waals surface area contributed by atoms with E-state index < -0.39 is 86.8 Å². The Balaban J connectivity index is 1.68. The Morgan fingerprint density at radius 1 is 0.457 bits per heavy atom. The van der Waals surface area contributed by atoms with Gasteiger partial charge < -0.3 is 65.1 Å². The largest absolute Gasteiger partial charge is 0.394 e. The summed E-state index contributed by atoms with van der Waals surface area (Å²) in [6.07, 6.45) is 50.3. The molecule has 81 heavy (non-hydrogen) atoms. The van der Waals surface area contributed by atoms with Gasteiger partial charge in [0.25, 0.3) is 0 Å². The summed E-state index contributed by atoms with van der Waals surface area (Å²) in [7, 11) is 0. The lowest BCUT2D eigenvalue weighted by Gasteiger charge is -2.46. The first-order chi connectivity index (χ1) is 39.6. The van der Waals surface area contributed by atoms with Gasteiger partial charge >= 0.3 is 0 Å². The molecule has 2 aliphatic rings. The van der Waals surface area contributed by atoms with Gasteiger partial charge in [0.15, 0.2) is 12.6 Å². The van der Waals surface area contributed by atoms with Crippen molar-refractivity contribution >= 4 is 5.91 Å². The molecule has 0 aromatic rings. The molecular weight excluding hydrogens is 1030 g/mol. The number of hydrogen-bond donors (Lipinski definition) is 9. The van der Waals surface area contributed by atoms with Crippen molar-refractivity contribution in [2.45, 2.75) is 351 Å². The predicted octanol–water partition coefficient (Wildman–Crippen LogP) is 12.7. The van der Waals surface area contributed by atoms with Crippen molar-refractivity contribution in [2.24, 2.45) is 0 Å². The number of amides is 1. The predicted molar refractivity (Wildman–Crippen MR) is 327 cm³/mol. The van der Waals surface area contributed by atoms with Crippen molar-refractivity contribution in [1.29, 1.82) is 0 Å². The number of unbranched alkanes of at least 4 members (excludes halogenated alkanes) is 35. The first-order valence-electron chi connectivity index (χ1n) is 33.4. The lowest BCUT2D eigenvalue weighted by Crippen LogP contribution is -2.65. The third-order valence-electron chi connectivity index (χ3n) is 16.3. The van der Waals surface area contributed by atoms with E-state index in [2.05, 4.69) is 55.6 Å². The van der Waals surface area contributed by atoms with Gasteiger partial charge in [-0.1, -0.05) is 268 Å². The van der Waals surface area contributed by atoms with Crippen LogP contribution in [0.1, 0.15) is 277 Å². The lowest BCUT2D eigenvalue weighted by atomic mass is 9.97. The van der Waals surface area contributed by atoms with Gasteiger partial charge in [0.1, 0.15) is 48.8 Å². The molecule has 9 N–H and O–H groups in total. The van der Waals surface area contributed by atoms with Crippen LogP contribution >= 0.6 is 0 Å². The number of carbonyl (C=O) groups is 1. The summed E-state index contributed by atoms with van der Waals surface area (Å²) in [6.45, 7) is 2.71. The van der Waals surface area contributed by atoms with E-state index in [4.69, 9.17) is 18.9 Å². The van der Waals surface area contributed by atoms with Crippen molar-refractivity contribution < 1.29 is 64.6 Å². The lowest BCUT2D eigenvalue weighted by molar-refractivity contribution is -0.359. The topological polar surface area (TPSA) is 228 Å². The molecule has 474 valence electrons. The van der Waals surface area contributed by atoms with Crippen LogP contribution in [0.2, 0.25) is 0 Å². The van der Waals surface area contributed by atoms with E-state index in [0.717, 1.165) is 70.6 Å². The minimum Gasteiger partial charge on any atom is -0.394 e. The van der Waals surface area contributed by atoms with E-state index >= 15 is 0 Å². The summed E-state index contributed by atoms with van der Waals surface area (Å²) in [5.41, 5.74) is 0. The number of allylic oxidation sites excluding steroid dienone is 7. The van der Waals surface area contributed by atoms with E-state index in [-0.39, 0.29) is 18.9 Å². The third kappa shape index (κ3) is 37.2. The Morgan fingerprint density at radius 2 is 0.852 bits per heavy atom. The minimum atomic E-state index is -1.79. The summed E-state index contributed by atoms with van der Waals surface area (Å²) in [5, 5.41) is 87.3. The number of nitrogens with one attached hydrogen (secondary N) is 1. The van der Waals surface area contributed by atoms with Gasteiger partial charge in [0.2, 0.25) is 5.91 Å². The molecular formula is C67H123NO13. The molecule has 0 bridgehead atoms. The van der Waals surface area contributed by atoms with Crippen molar-refractivity contribution in [3.05, 3.63) is 48.6 Å². The van der Waals surface area contributed by atoms with E-state index in [1.807, 2.05) is 6.08 Å². The van der Waals surface area contributed by atoms with Gasteiger partial charge in [0.05, 0.1) is 32.0 Å². The minimum absolute atomic E-state index is 0.248. The molecule has 2 saturated heterocycles. The van der Waals surface area contributed by atoms with Crippen LogP contribution in [-0.4, -0.2) is 140 Å². The summed E-state index contributed by atoms with van der Waals surface area (Å²) in [5.74, 6) is -0.248. The van der Waals surface area contributed by atoms with E-state index in [9.17, 15) is 45.6 Å². The highest BCUT2D eigenvalue weighted by atomic mass is 16.7. The van der Waals surface area contributed by atoms with Crippen LogP contribution in [0.4, 0.5) is 0 Å². The van der Waals surface area contributed by atoms with Crippen LogP contribution < -0.4 is 5.32 Å². The number of carbonyl (C=O) groups excluding carboxylic acids is 1. The molecule has 14 nitrogen and oxygen atoms in total. The highest BCUT2D eigenvalue weighted by molar-refractivity contribution is 5.76. The number of ether oxygens (including phenoxy) is 4. The second-order valence-electron chi connectivity index (χ2n) is 23.6. The zero-order chi connectivity index (χ0) is 58.8. The van der Waals surface area contributed by atoms with Crippen molar-refractivity contribution in [1.82, 2.24) is 5.32 Å². The monoisotopic (exact) mass is 1150 g/mol. The smallest absolute Gasteiger partial charge is 0.220 e. The van der Waals surface area contributed by atoms with Gasteiger partial charge in [0, 0.05) is 6.42 Å². The first kappa shape index (κ1) is 75.0.